The first-order valence-corrected chi connectivity index (χ1v) is 10.3. The van der Waals surface area contributed by atoms with Crippen molar-refractivity contribution in [3.05, 3.63) is 59.7 Å². The Morgan fingerprint density at radius 3 is 2.47 bits per heavy atom. The maximum absolute atomic E-state index is 13.3. The Balaban J connectivity index is 1.63. The molecule has 1 amide bonds. The Morgan fingerprint density at radius 1 is 1.10 bits per heavy atom. The molecule has 30 heavy (non-hydrogen) atoms. The predicted octanol–water partition coefficient (Wildman–Crippen LogP) is 5.17. The summed E-state index contributed by atoms with van der Waals surface area (Å²) in [7, 11) is 0. The first-order chi connectivity index (χ1) is 14.3. The number of alkyl halides is 3. The minimum absolute atomic E-state index is 0.189. The first-order valence-electron chi connectivity index (χ1n) is 10.3. The minimum Gasteiger partial charge on any atom is -0.490 e. The van der Waals surface area contributed by atoms with Crippen molar-refractivity contribution in [3.63, 3.8) is 0 Å². The molecule has 0 heterocycles. The van der Waals surface area contributed by atoms with Crippen LogP contribution in [0.25, 0.3) is 0 Å². The number of benzene rings is 2. The largest absolute Gasteiger partial charge is 0.490 e. The average molecular weight is 420 g/mol. The van der Waals surface area contributed by atoms with E-state index in [0.29, 0.717) is 24.5 Å². The quantitative estimate of drug-likeness (QED) is 0.609. The Kier molecular flexibility index (Phi) is 7.02. The van der Waals surface area contributed by atoms with E-state index >= 15 is 0 Å². The lowest BCUT2D eigenvalue weighted by atomic mass is 10.0. The van der Waals surface area contributed by atoms with Crippen LogP contribution in [0.4, 0.5) is 18.9 Å². The van der Waals surface area contributed by atoms with Crippen LogP contribution in [0.3, 0.4) is 0 Å². The Morgan fingerprint density at radius 2 is 1.77 bits per heavy atom. The van der Waals surface area contributed by atoms with Crippen molar-refractivity contribution in [3.8, 4) is 5.75 Å². The molecule has 2 atom stereocenters. The fourth-order valence-corrected chi connectivity index (χ4v) is 3.65. The predicted molar refractivity (Wildman–Crippen MR) is 111 cm³/mol. The molecule has 1 saturated carbocycles. The van der Waals surface area contributed by atoms with Crippen LogP contribution < -0.4 is 10.1 Å². The van der Waals surface area contributed by atoms with E-state index < -0.39 is 23.6 Å². The number of rotatable bonds is 9. The van der Waals surface area contributed by atoms with Gasteiger partial charge < -0.3 is 15.0 Å². The third-order valence-electron chi connectivity index (χ3n) is 5.50. The summed E-state index contributed by atoms with van der Waals surface area (Å²) in [4.78, 5) is 14.9. The molecular formula is C23H27F3N2O2. The summed E-state index contributed by atoms with van der Waals surface area (Å²) in [6, 6.07) is 12.6. The van der Waals surface area contributed by atoms with Crippen LogP contribution in [0.5, 0.6) is 5.75 Å². The number of carbonyl (C=O) groups is 1. The molecule has 162 valence electrons. The van der Waals surface area contributed by atoms with Gasteiger partial charge in [0.25, 0.3) is 0 Å². The number of likely N-dealkylation sites (N-methyl/N-ethyl adjacent to an activating group) is 1. The topological polar surface area (TPSA) is 41.6 Å². The van der Waals surface area contributed by atoms with E-state index in [1.165, 1.54) is 12.1 Å². The van der Waals surface area contributed by atoms with Gasteiger partial charge in [0.1, 0.15) is 12.4 Å². The van der Waals surface area contributed by atoms with Gasteiger partial charge in [-0.15, -0.1) is 0 Å². The van der Waals surface area contributed by atoms with Crippen LogP contribution in [0, 0.1) is 5.92 Å². The number of carbonyl (C=O) groups excluding carboxylic acids is 1. The van der Waals surface area contributed by atoms with Gasteiger partial charge in [-0.05, 0) is 49.2 Å². The fourth-order valence-electron chi connectivity index (χ4n) is 3.65. The van der Waals surface area contributed by atoms with Gasteiger partial charge in [0.2, 0.25) is 5.91 Å². The molecule has 1 N–H and O–H groups in total. The Bertz CT molecular complexity index is 866. The van der Waals surface area contributed by atoms with Gasteiger partial charge in [-0.2, -0.15) is 13.2 Å². The van der Waals surface area contributed by atoms with Crippen molar-refractivity contribution < 1.29 is 22.7 Å². The van der Waals surface area contributed by atoms with Gasteiger partial charge >= 0.3 is 6.18 Å². The van der Waals surface area contributed by atoms with Crippen LogP contribution in [0.2, 0.25) is 0 Å². The van der Waals surface area contributed by atoms with Crippen LogP contribution >= 0.6 is 0 Å². The van der Waals surface area contributed by atoms with Crippen LogP contribution in [0.15, 0.2) is 48.5 Å². The summed E-state index contributed by atoms with van der Waals surface area (Å²) >= 11 is 0. The molecule has 0 aromatic heterocycles. The second kappa shape index (κ2) is 9.51. The van der Waals surface area contributed by atoms with E-state index in [0.717, 1.165) is 25.7 Å². The summed E-state index contributed by atoms with van der Waals surface area (Å²) < 4.78 is 45.7. The number of para-hydroxylation sites is 2. The summed E-state index contributed by atoms with van der Waals surface area (Å²) in [5.74, 6) is -0.613. The zero-order valence-electron chi connectivity index (χ0n) is 17.2. The van der Waals surface area contributed by atoms with Crippen molar-refractivity contribution in [2.24, 2.45) is 5.92 Å². The van der Waals surface area contributed by atoms with Gasteiger partial charge in [0, 0.05) is 12.5 Å². The normalized spacial score (nSPS) is 18.3. The molecule has 0 aliphatic heterocycles. The smallest absolute Gasteiger partial charge is 0.416 e. The zero-order chi connectivity index (χ0) is 21.7. The second-order valence-electron chi connectivity index (χ2n) is 7.39. The number of hydrogen-bond acceptors (Lipinski definition) is 3. The third-order valence-corrected chi connectivity index (χ3v) is 5.50. The molecule has 1 aliphatic rings. The van der Waals surface area contributed by atoms with E-state index in [9.17, 15) is 18.0 Å². The van der Waals surface area contributed by atoms with Gasteiger partial charge in [-0.3, -0.25) is 4.79 Å². The Hall–Kier alpha value is -2.54. The number of ether oxygens (including phenoxy) is 1. The van der Waals surface area contributed by atoms with Crippen LogP contribution in [-0.4, -0.2) is 37.0 Å². The number of amides is 1. The molecule has 1 aliphatic carbocycles. The monoisotopic (exact) mass is 420 g/mol. The van der Waals surface area contributed by atoms with Crippen molar-refractivity contribution in [2.75, 3.05) is 31.6 Å². The second-order valence-corrected chi connectivity index (χ2v) is 7.39. The van der Waals surface area contributed by atoms with Crippen LogP contribution in [-0.2, 0) is 11.0 Å². The third kappa shape index (κ3) is 5.33. The molecule has 3 rings (SSSR count). The maximum atomic E-state index is 13.3. The highest BCUT2D eigenvalue weighted by Gasteiger charge is 2.47. The molecule has 2 unspecified atom stereocenters. The molecule has 4 nitrogen and oxygen atoms in total. The van der Waals surface area contributed by atoms with Crippen LogP contribution in [0.1, 0.15) is 37.3 Å². The fraction of sp³-hybridized carbons (Fsp3) is 0.435. The van der Waals surface area contributed by atoms with Gasteiger partial charge in [0.05, 0.1) is 11.3 Å². The average Bonchev–Trinajstić information content (AvgIpc) is 3.53. The highest BCUT2D eigenvalue weighted by atomic mass is 19.4. The molecular weight excluding hydrogens is 393 g/mol. The summed E-state index contributed by atoms with van der Waals surface area (Å²) in [5.41, 5.74) is 0.0659. The summed E-state index contributed by atoms with van der Waals surface area (Å²) in [5, 5.41) is 2.84. The molecule has 0 radical (unpaired) electrons. The summed E-state index contributed by atoms with van der Waals surface area (Å²) in [6.07, 6.45) is -4.02. The maximum Gasteiger partial charge on any atom is 0.416 e. The summed E-state index contributed by atoms with van der Waals surface area (Å²) in [6.45, 7) is 7.29. The van der Waals surface area contributed by atoms with Gasteiger partial charge in [0.15, 0.2) is 0 Å². The molecule has 7 heteroatoms. The van der Waals surface area contributed by atoms with E-state index in [2.05, 4.69) is 24.1 Å². The molecule has 0 bridgehead atoms. The zero-order valence-corrected chi connectivity index (χ0v) is 17.2. The number of anilines is 1. The van der Waals surface area contributed by atoms with E-state index in [1.54, 1.807) is 24.3 Å². The van der Waals surface area contributed by atoms with Crippen molar-refractivity contribution in [1.29, 1.82) is 0 Å². The number of hydrogen-bond donors (Lipinski definition) is 1. The Labute approximate surface area is 175 Å². The lowest BCUT2D eigenvalue weighted by molar-refractivity contribution is -0.138. The highest BCUT2D eigenvalue weighted by Crippen LogP contribution is 2.51. The lowest BCUT2D eigenvalue weighted by Crippen LogP contribution is -2.28. The van der Waals surface area contributed by atoms with E-state index in [4.69, 9.17) is 4.74 Å². The minimum atomic E-state index is -4.43. The lowest BCUT2D eigenvalue weighted by Gasteiger charge is -2.19. The number of nitrogens with zero attached hydrogens (tertiary/aromatic N) is 1. The van der Waals surface area contributed by atoms with Crippen molar-refractivity contribution >= 4 is 11.6 Å². The molecule has 0 spiro atoms. The van der Waals surface area contributed by atoms with Gasteiger partial charge in [-0.1, -0.05) is 44.2 Å². The SMILES string of the molecule is CCN(CC)CCOc1ccccc1NC(=O)C1CC1c1ccccc1C(F)(F)F. The molecule has 1 fully saturated rings. The molecule has 0 saturated heterocycles. The van der Waals surface area contributed by atoms with Gasteiger partial charge in [-0.25, -0.2) is 0 Å². The number of halogens is 3. The van der Waals surface area contributed by atoms with Crippen molar-refractivity contribution in [2.45, 2.75) is 32.4 Å². The standard InChI is InChI=1S/C23H27F3N2O2/c1-3-28(4-2)13-14-30-21-12-8-7-11-20(21)27-22(29)18-15-17(18)16-9-5-6-10-19(16)23(24,25)26/h5-12,17-18H,3-4,13-15H2,1-2H3,(H,27,29). The molecule has 2 aromatic carbocycles. The van der Waals surface area contributed by atoms with Crippen molar-refractivity contribution in [1.82, 2.24) is 4.90 Å². The first kappa shape index (κ1) is 22.2. The van der Waals surface area contributed by atoms with E-state index in [-0.39, 0.29) is 11.5 Å². The number of nitrogens with one attached hydrogen (secondary N) is 1. The molecule has 2 aromatic rings. The highest BCUT2D eigenvalue weighted by molar-refractivity contribution is 5.96. The van der Waals surface area contributed by atoms with E-state index in [1.807, 2.05) is 6.07 Å².